The zero-order valence-electron chi connectivity index (χ0n) is 15.3. The number of carbonyl (C=O) groups is 1. The third kappa shape index (κ3) is 8.70. The Kier molecular flexibility index (Phi) is 12.3. The molecule has 0 heterocycles. The van der Waals surface area contributed by atoms with Gasteiger partial charge >= 0.3 is 5.97 Å². The van der Waals surface area contributed by atoms with E-state index in [1.54, 1.807) is 12.1 Å². The highest BCUT2D eigenvalue weighted by molar-refractivity contribution is 5.70. The van der Waals surface area contributed by atoms with Crippen LogP contribution in [0.2, 0.25) is 0 Å². The van der Waals surface area contributed by atoms with Gasteiger partial charge in [0, 0.05) is 4.53 Å². The molecule has 1 N–H and O–H groups in total. The van der Waals surface area contributed by atoms with Crippen LogP contribution in [-0.4, -0.2) is 11.1 Å². The van der Waals surface area contributed by atoms with Gasteiger partial charge < -0.3 is 5.11 Å². The summed E-state index contributed by atoms with van der Waals surface area (Å²) in [6, 6.07) is 14.8. The predicted octanol–water partition coefficient (Wildman–Crippen LogP) is 6.03. The van der Waals surface area contributed by atoms with Gasteiger partial charge in [-0.25, -0.2) is 4.79 Å². The highest BCUT2D eigenvalue weighted by Gasteiger charge is 2.08. The second-order valence-corrected chi connectivity index (χ2v) is 4.83. The molecule has 25 heavy (non-hydrogen) atoms. The summed E-state index contributed by atoms with van der Waals surface area (Å²) >= 11 is 0. The quantitative estimate of drug-likeness (QED) is 0.688. The molecule has 0 fully saturated rings. The minimum absolute atomic E-state index is 0.0908. The molecule has 0 spiro atoms. The van der Waals surface area contributed by atoms with E-state index in [0.29, 0.717) is 5.56 Å². The minimum atomic E-state index is -0.938. The Morgan fingerprint density at radius 2 is 1.64 bits per heavy atom. The van der Waals surface area contributed by atoms with Gasteiger partial charge in [-0.05, 0) is 43.0 Å². The Bertz CT molecular complexity index is 633. The fourth-order valence-electron chi connectivity index (χ4n) is 1.86. The normalized spacial score (nSPS) is 9.48. The first-order chi connectivity index (χ1) is 12.1. The largest absolute Gasteiger partial charge is 0.508 e. The standard InChI is InChI=1S/C15H13FO3.C4H8.C2H6/c16-19-15(18)9-8-12-6-7-13(10-14(12)17)11-4-2-1-3-5-11;1-3-4-2;1-2/h1-7,10,17H,8-9H2;3-4H,1-2H3;1-2H3/b;4-3+;. The van der Waals surface area contributed by atoms with Gasteiger partial charge in [0.25, 0.3) is 0 Å². The summed E-state index contributed by atoms with van der Waals surface area (Å²) in [6.07, 6.45) is 4.14. The number of carbonyl (C=O) groups excluding carboxylic acids is 1. The van der Waals surface area contributed by atoms with Crippen LogP contribution in [0.5, 0.6) is 5.75 Å². The van der Waals surface area contributed by atoms with Crippen molar-refractivity contribution in [1.82, 2.24) is 0 Å². The molecule has 2 aromatic rings. The molecule has 2 aromatic carbocycles. The van der Waals surface area contributed by atoms with Crippen molar-refractivity contribution >= 4 is 5.97 Å². The number of allylic oxidation sites excluding steroid dienone is 2. The van der Waals surface area contributed by atoms with Crippen LogP contribution in [0.1, 0.15) is 39.7 Å². The topological polar surface area (TPSA) is 46.5 Å². The van der Waals surface area contributed by atoms with Gasteiger partial charge in [-0.1, -0.05) is 68.5 Å². The van der Waals surface area contributed by atoms with Crippen molar-refractivity contribution in [2.45, 2.75) is 40.5 Å². The van der Waals surface area contributed by atoms with Crippen molar-refractivity contribution in [2.24, 2.45) is 0 Å². The average Bonchev–Trinajstić information content (AvgIpc) is 2.69. The van der Waals surface area contributed by atoms with E-state index in [0.717, 1.165) is 11.1 Å². The number of benzene rings is 2. The van der Waals surface area contributed by atoms with E-state index in [1.165, 1.54) is 0 Å². The maximum atomic E-state index is 11.6. The van der Waals surface area contributed by atoms with Crippen LogP contribution in [0.25, 0.3) is 11.1 Å². The SMILES string of the molecule is C/C=C/C.CC.O=C(CCc1ccc(-c2ccccc2)cc1O)OF. The first-order valence-corrected chi connectivity index (χ1v) is 8.38. The van der Waals surface area contributed by atoms with E-state index in [2.05, 4.69) is 4.94 Å². The number of rotatable bonds is 4. The van der Waals surface area contributed by atoms with E-state index < -0.39 is 5.97 Å². The average molecular weight is 346 g/mol. The summed E-state index contributed by atoms with van der Waals surface area (Å²) in [7, 11) is 0. The fraction of sp³-hybridized carbons (Fsp3) is 0.286. The van der Waals surface area contributed by atoms with Gasteiger partial charge in [0.05, 0.1) is 6.42 Å². The summed E-state index contributed by atoms with van der Waals surface area (Å²) in [5, 5.41) is 9.89. The molecule has 0 bridgehead atoms. The molecule has 136 valence electrons. The highest BCUT2D eigenvalue weighted by atomic mass is 19.3. The molecule has 2 rings (SSSR count). The van der Waals surface area contributed by atoms with Crippen LogP contribution in [0.4, 0.5) is 4.53 Å². The van der Waals surface area contributed by atoms with Gasteiger partial charge in [-0.3, -0.25) is 4.94 Å². The maximum Gasteiger partial charge on any atom is 0.349 e. The molecule has 0 aromatic heterocycles. The van der Waals surface area contributed by atoms with Crippen LogP contribution >= 0.6 is 0 Å². The van der Waals surface area contributed by atoms with Crippen molar-refractivity contribution < 1.29 is 19.4 Å². The number of hydrogen-bond donors (Lipinski definition) is 1. The Balaban J connectivity index is 0.000000845. The Morgan fingerprint density at radius 3 is 2.12 bits per heavy atom. The van der Waals surface area contributed by atoms with Gasteiger partial charge in [0.15, 0.2) is 0 Å². The number of hydrogen-bond acceptors (Lipinski definition) is 3. The number of aromatic hydroxyl groups is 1. The number of aryl methyl sites for hydroxylation is 1. The number of phenols is 1. The Hall–Kier alpha value is -2.62. The first-order valence-electron chi connectivity index (χ1n) is 8.38. The first kappa shape index (κ1) is 22.4. The summed E-state index contributed by atoms with van der Waals surface area (Å²) in [6.45, 7) is 8.00. The second kappa shape index (κ2) is 13.8. The lowest BCUT2D eigenvalue weighted by Crippen LogP contribution is -1.99. The smallest absolute Gasteiger partial charge is 0.349 e. The molecule has 0 atom stereocenters. The molecule has 0 amide bonds. The Labute approximate surface area is 149 Å². The Morgan fingerprint density at radius 1 is 1.04 bits per heavy atom. The molecule has 0 aliphatic heterocycles. The molecular weight excluding hydrogens is 319 g/mol. The van der Waals surface area contributed by atoms with E-state index >= 15 is 0 Å². The summed E-state index contributed by atoms with van der Waals surface area (Å²) < 4.78 is 11.6. The summed E-state index contributed by atoms with van der Waals surface area (Å²) in [5.74, 6) is -0.848. The van der Waals surface area contributed by atoms with Gasteiger partial charge in [0.2, 0.25) is 0 Å². The summed E-state index contributed by atoms with van der Waals surface area (Å²) in [5.41, 5.74) is 2.47. The van der Waals surface area contributed by atoms with Crippen molar-refractivity contribution in [2.75, 3.05) is 0 Å². The van der Waals surface area contributed by atoms with Crippen molar-refractivity contribution in [1.29, 1.82) is 0 Å². The fourth-order valence-corrected chi connectivity index (χ4v) is 1.86. The molecule has 0 saturated heterocycles. The van der Waals surface area contributed by atoms with Gasteiger partial charge in [-0.15, -0.1) is 0 Å². The van der Waals surface area contributed by atoms with Crippen LogP contribution in [0.15, 0.2) is 60.7 Å². The lowest BCUT2D eigenvalue weighted by molar-refractivity contribution is -0.183. The lowest BCUT2D eigenvalue weighted by atomic mass is 10.0. The molecule has 4 heteroatoms. The molecule has 3 nitrogen and oxygen atoms in total. The molecule has 0 saturated carbocycles. The van der Waals surface area contributed by atoms with E-state index in [4.69, 9.17) is 0 Å². The van der Waals surface area contributed by atoms with Crippen molar-refractivity contribution in [3.05, 3.63) is 66.2 Å². The number of phenolic OH excluding ortho intramolecular Hbond substituents is 1. The third-order valence-corrected chi connectivity index (χ3v) is 3.21. The third-order valence-electron chi connectivity index (χ3n) is 3.21. The zero-order valence-corrected chi connectivity index (χ0v) is 15.3. The molecule has 0 radical (unpaired) electrons. The van der Waals surface area contributed by atoms with E-state index in [1.807, 2.05) is 76.2 Å². The summed E-state index contributed by atoms with van der Waals surface area (Å²) in [4.78, 5) is 13.8. The highest BCUT2D eigenvalue weighted by Crippen LogP contribution is 2.27. The maximum absolute atomic E-state index is 11.6. The second-order valence-electron chi connectivity index (χ2n) is 4.83. The minimum Gasteiger partial charge on any atom is -0.508 e. The van der Waals surface area contributed by atoms with Crippen LogP contribution in [0, 0.1) is 0 Å². The molecule has 0 unspecified atom stereocenters. The van der Waals surface area contributed by atoms with E-state index in [-0.39, 0.29) is 18.6 Å². The van der Waals surface area contributed by atoms with Gasteiger partial charge in [-0.2, -0.15) is 0 Å². The van der Waals surface area contributed by atoms with Gasteiger partial charge in [0.1, 0.15) is 5.75 Å². The predicted molar refractivity (Wildman–Crippen MR) is 101 cm³/mol. The molecule has 0 aliphatic rings. The zero-order chi connectivity index (χ0) is 19.1. The molecular formula is C21H27FO3. The lowest BCUT2D eigenvalue weighted by Gasteiger charge is -2.06. The molecule has 0 aliphatic carbocycles. The van der Waals surface area contributed by atoms with Crippen LogP contribution < -0.4 is 0 Å². The van der Waals surface area contributed by atoms with E-state index in [9.17, 15) is 14.4 Å². The van der Waals surface area contributed by atoms with Crippen molar-refractivity contribution in [3.63, 3.8) is 0 Å². The number of halogens is 1. The monoisotopic (exact) mass is 346 g/mol. The van der Waals surface area contributed by atoms with Crippen LogP contribution in [0.3, 0.4) is 0 Å². The van der Waals surface area contributed by atoms with Crippen LogP contribution in [-0.2, 0) is 16.2 Å². The van der Waals surface area contributed by atoms with Crippen molar-refractivity contribution in [3.8, 4) is 16.9 Å².